The highest BCUT2D eigenvalue weighted by molar-refractivity contribution is 6.31. The maximum atomic E-state index is 12.9. The summed E-state index contributed by atoms with van der Waals surface area (Å²) in [6, 6.07) is 13.7. The van der Waals surface area contributed by atoms with Gasteiger partial charge in [-0.15, -0.1) is 0 Å². The molecule has 0 unspecified atom stereocenters. The number of carbonyl (C=O) groups is 3. The van der Waals surface area contributed by atoms with Crippen molar-refractivity contribution in [2.45, 2.75) is 18.9 Å². The summed E-state index contributed by atoms with van der Waals surface area (Å²) in [4.78, 5) is 42.8. The SMILES string of the molecule is O=C(CN(C(=O)c1cccc(Cl)c1)C1CC1)N1CC(=O)N(c2cccc(Cl)c2)C1. The molecule has 1 aliphatic carbocycles. The molecule has 8 heteroatoms. The van der Waals surface area contributed by atoms with Gasteiger partial charge < -0.3 is 9.80 Å². The Bertz CT molecular complexity index is 977. The molecule has 3 amide bonds. The second-order valence-corrected chi connectivity index (χ2v) is 8.08. The first-order chi connectivity index (χ1) is 13.9. The van der Waals surface area contributed by atoms with Gasteiger partial charge in [-0.25, -0.2) is 0 Å². The standard InChI is InChI=1S/C21H19Cl2N3O3/c22-15-4-1-3-14(9-15)21(29)25(17-7-8-17)12-19(27)24-11-20(28)26(13-24)18-6-2-5-16(23)10-18/h1-6,9-10,17H,7-8,11-13H2. The van der Waals surface area contributed by atoms with Crippen LogP contribution < -0.4 is 4.90 Å². The minimum Gasteiger partial charge on any atom is -0.326 e. The summed E-state index contributed by atoms with van der Waals surface area (Å²) in [5.74, 6) is -0.662. The first-order valence-electron chi connectivity index (χ1n) is 9.32. The fourth-order valence-electron chi connectivity index (χ4n) is 3.37. The van der Waals surface area contributed by atoms with Crippen molar-refractivity contribution >= 4 is 46.6 Å². The number of anilines is 1. The highest BCUT2D eigenvalue weighted by Gasteiger charge is 2.38. The van der Waals surface area contributed by atoms with E-state index in [9.17, 15) is 14.4 Å². The van der Waals surface area contributed by atoms with Crippen LogP contribution >= 0.6 is 23.2 Å². The molecular formula is C21H19Cl2N3O3. The lowest BCUT2D eigenvalue weighted by Crippen LogP contribution is -2.43. The molecule has 2 aliphatic rings. The molecule has 150 valence electrons. The van der Waals surface area contributed by atoms with Gasteiger partial charge >= 0.3 is 0 Å². The molecule has 0 atom stereocenters. The Morgan fingerprint density at radius 1 is 1.03 bits per heavy atom. The summed E-state index contributed by atoms with van der Waals surface area (Å²) < 4.78 is 0. The number of hydrogen-bond donors (Lipinski definition) is 0. The number of carbonyl (C=O) groups excluding carboxylic acids is 3. The Hall–Kier alpha value is -2.57. The first kappa shape index (κ1) is 19.7. The topological polar surface area (TPSA) is 60.9 Å². The van der Waals surface area contributed by atoms with E-state index in [1.54, 1.807) is 53.4 Å². The first-order valence-corrected chi connectivity index (χ1v) is 10.1. The van der Waals surface area contributed by atoms with Gasteiger partial charge in [-0.1, -0.05) is 35.3 Å². The largest absolute Gasteiger partial charge is 0.326 e. The molecule has 4 rings (SSSR count). The molecule has 6 nitrogen and oxygen atoms in total. The predicted octanol–water partition coefficient (Wildman–Crippen LogP) is 3.43. The molecule has 2 fully saturated rings. The summed E-state index contributed by atoms with van der Waals surface area (Å²) in [6.07, 6.45) is 1.74. The molecule has 1 saturated heterocycles. The van der Waals surface area contributed by atoms with Crippen molar-refractivity contribution in [2.24, 2.45) is 0 Å². The molecule has 1 aliphatic heterocycles. The van der Waals surface area contributed by atoms with Crippen LogP contribution in [0.15, 0.2) is 48.5 Å². The maximum Gasteiger partial charge on any atom is 0.254 e. The van der Waals surface area contributed by atoms with Gasteiger partial charge in [0.15, 0.2) is 0 Å². The average Bonchev–Trinajstić information content (AvgIpc) is 3.46. The third kappa shape index (κ3) is 4.38. The van der Waals surface area contributed by atoms with Crippen molar-refractivity contribution in [3.05, 3.63) is 64.1 Å². The van der Waals surface area contributed by atoms with Crippen LogP contribution in [-0.4, -0.2) is 53.3 Å². The zero-order valence-electron chi connectivity index (χ0n) is 15.6. The van der Waals surface area contributed by atoms with Gasteiger partial charge in [-0.2, -0.15) is 0 Å². The zero-order chi connectivity index (χ0) is 20.5. The van der Waals surface area contributed by atoms with Crippen molar-refractivity contribution in [1.82, 2.24) is 9.80 Å². The van der Waals surface area contributed by atoms with E-state index in [2.05, 4.69) is 0 Å². The van der Waals surface area contributed by atoms with Gasteiger partial charge in [0.05, 0.1) is 0 Å². The lowest BCUT2D eigenvalue weighted by atomic mass is 10.2. The number of nitrogens with zero attached hydrogens (tertiary/aromatic N) is 3. The molecule has 0 spiro atoms. The summed E-state index contributed by atoms with van der Waals surface area (Å²) in [5, 5.41) is 0.993. The van der Waals surface area contributed by atoms with Crippen molar-refractivity contribution in [3.8, 4) is 0 Å². The third-order valence-electron chi connectivity index (χ3n) is 5.04. The second kappa shape index (κ2) is 8.05. The summed E-state index contributed by atoms with van der Waals surface area (Å²) in [5.41, 5.74) is 1.10. The van der Waals surface area contributed by atoms with E-state index in [0.717, 1.165) is 12.8 Å². The van der Waals surface area contributed by atoms with E-state index >= 15 is 0 Å². The van der Waals surface area contributed by atoms with Crippen LogP contribution in [0, 0.1) is 0 Å². The Kier molecular flexibility index (Phi) is 5.48. The minimum atomic E-state index is -0.259. The highest BCUT2D eigenvalue weighted by Crippen LogP contribution is 2.29. The van der Waals surface area contributed by atoms with Crippen LogP contribution in [0.25, 0.3) is 0 Å². The third-order valence-corrected chi connectivity index (χ3v) is 5.51. The van der Waals surface area contributed by atoms with Gasteiger partial charge in [0.2, 0.25) is 11.8 Å². The number of hydrogen-bond acceptors (Lipinski definition) is 3. The molecule has 2 aromatic carbocycles. The lowest BCUT2D eigenvalue weighted by molar-refractivity contribution is -0.132. The van der Waals surface area contributed by atoms with E-state index in [0.29, 0.717) is 21.3 Å². The lowest BCUT2D eigenvalue weighted by Gasteiger charge is -2.25. The molecule has 1 saturated carbocycles. The second-order valence-electron chi connectivity index (χ2n) is 7.21. The van der Waals surface area contributed by atoms with E-state index in [1.807, 2.05) is 0 Å². The van der Waals surface area contributed by atoms with Gasteiger partial charge in [-0.05, 0) is 49.2 Å². The molecule has 29 heavy (non-hydrogen) atoms. The van der Waals surface area contributed by atoms with E-state index in [1.165, 1.54) is 9.80 Å². The van der Waals surface area contributed by atoms with Crippen LogP contribution in [0.1, 0.15) is 23.2 Å². The Labute approximate surface area is 178 Å². The van der Waals surface area contributed by atoms with E-state index in [4.69, 9.17) is 23.2 Å². The Morgan fingerprint density at radius 2 is 1.72 bits per heavy atom. The number of amides is 3. The molecular weight excluding hydrogens is 413 g/mol. The van der Waals surface area contributed by atoms with Crippen molar-refractivity contribution in [3.63, 3.8) is 0 Å². The summed E-state index contributed by atoms with van der Waals surface area (Å²) >= 11 is 12.0. The minimum absolute atomic E-state index is 0.0186. The molecule has 1 heterocycles. The smallest absolute Gasteiger partial charge is 0.254 e. The van der Waals surface area contributed by atoms with Crippen LogP contribution in [0.2, 0.25) is 10.0 Å². The molecule has 2 aromatic rings. The fraction of sp³-hybridized carbons (Fsp3) is 0.286. The Balaban J connectivity index is 1.46. The molecule has 0 N–H and O–H groups in total. The predicted molar refractivity (Wildman–Crippen MR) is 111 cm³/mol. The molecule has 0 bridgehead atoms. The fourth-order valence-corrected chi connectivity index (χ4v) is 3.75. The summed E-state index contributed by atoms with van der Waals surface area (Å²) in [6.45, 7) is 0.0593. The van der Waals surface area contributed by atoms with E-state index < -0.39 is 0 Å². The van der Waals surface area contributed by atoms with Crippen LogP contribution in [0.5, 0.6) is 0 Å². The van der Waals surface area contributed by atoms with Crippen LogP contribution in [-0.2, 0) is 9.59 Å². The van der Waals surface area contributed by atoms with Crippen LogP contribution in [0.3, 0.4) is 0 Å². The van der Waals surface area contributed by atoms with Gasteiger partial charge in [0.25, 0.3) is 5.91 Å². The highest BCUT2D eigenvalue weighted by atomic mass is 35.5. The average molecular weight is 432 g/mol. The quantitative estimate of drug-likeness (QED) is 0.728. The van der Waals surface area contributed by atoms with Crippen LogP contribution in [0.4, 0.5) is 5.69 Å². The van der Waals surface area contributed by atoms with Gasteiger partial charge in [0, 0.05) is 27.3 Å². The van der Waals surface area contributed by atoms with Crippen molar-refractivity contribution in [2.75, 3.05) is 24.7 Å². The van der Waals surface area contributed by atoms with E-state index in [-0.39, 0.29) is 43.5 Å². The van der Waals surface area contributed by atoms with Gasteiger partial charge in [0.1, 0.15) is 19.8 Å². The van der Waals surface area contributed by atoms with Crippen molar-refractivity contribution in [1.29, 1.82) is 0 Å². The zero-order valence-corrected chi connectivity index (χ0v) is 17.1. The summed E-state index contributed by atoms with van der Waals surface area (Å²) in [7, 11) is 0. The number of benzene rings is 2. The monoisotopic (exact) mass is 431 g/mol. The van der Waals surface area contributed by atoms with Crippen molar-refractivity contribution < 1.29 is 14.4 Å². The molecule has 0 aromatic heterocycles. The number of halogens is 2. The Morgan fingerprint density at radius 3 is 2.38 bits per heavy atom. The maximum absolute atomic E-state index is 12.9. The normalized spacial score (nSPS) is 16.3. The van der Waals surface area contributed by atoms with Gasteiger partial charge in [-0.3, -0.25) is 19.3 Å². The number of rotatable bonds is 5. The molecule has 0 radical (unpaired) electrons.